The highest BCUT2D eigenvalue weighted by molar-refractivity contribution is 5.98. The first-order valence-electron chi connectivity index (χ1n) is 6.84. The van der Waals surface area contributed by atoms with E-state index in [1.54, 1.807) is 13.0 Å². The molecule has 6 heteroatoms. The zero-order valence-corrected chi connectivity index (χ0v) is 12.6. The van der Waals surface area contributed by atoms with Crippen LogP contribution in [0.15, 0.2) is 48.5 Å². The van der Waals surface area contributed by atoms with Gasteiger partial charge in [-0.2, -0.15) is 8.78 Å². The minimum atomic E-state index is -4.02. The fourth-order valence-corrected chi connectivity index (χ4v) is 2.02. The quantitative estimate of drug-likeness (QED) is 0.853. The van der Waals surface area contributed by atoms with Gasteiger partial charge in [0.05, 0.1) is 0 Å². The lowest BCUT2D eigenvalue weighted by Crippen LogP contribution is -2.40. The van der Waals surface area contributed by atoms with E-state index >= 15 is 0 Å². The van der Waals surface area contributed by atoms with Crippen molar-refractivity contribution in [1.29, 1.82) is 0 Å². The molecule has 0 aliphatic carbocycles. The summed E-state index contributed by atoms with van der Waals surface area (Å²) in [6.07, 6.45) is -4.02. The van der Waals surface area contributed by atoms with Crippen molar-refractivity contribution in [2.75, 3.05) is 5.32 Å². The first-order chi connectivity index (χ1) is 10.8. The van der Waals surface area contributed by atoms with E-state index in [1.165, 1.54) is 49.4 Å². The predicted molar refractivity (Wildman–Crippen MR) is 81.8 cm³/mol. The Labute approximate surface area is 132 Å². The van der Waals surface area contributed by atoms with Crippen LogP contribution in [-0.4, -0.2) is 17.8 Å². The molecule has 0 aliphatic heterocycles. The molecule has 0 aromatic heterocycles. The smallest absolute Gasteiger partial charge is 0.425 e. The van der Waals surface area contributed by atoms with Crippen LogP contribution in [0.1, 0.15) is 22.8 Å². The van der Waals surface area contributed by atoms with E-state index in [0.717, 1.165) is 0 Å². The highest BCUT2D eigenvalue weighted by Gasteiger charge is 2.42. The maximum Gasteiger partial charge on any atom is 0.482 e. The number of alkyl halides is 2. The average molecular weight is 319 g/mol. The second-order valence-electron chi connectivity index (χ2n) is 4.97. The summed E-state index contributed by atoms with van der Waals surface area (Å²) in [6.45, 7) is 3.06. The molecule has 0 unspecified atom stereocenters. The minimum Gasteiger partial charge on any atom is -0.425 e. The van der Waals surface area contributed by atoms with Crippen LogP contribution >= 0.6 is 0 Å². The number of aryl methyl sites for hydroxylation is 1. The number of rotatable bonds is 5. The zero-order chi connectivity index (χ0) is 17.0. The van der Waals surface area contributed by atoms with Crippen LogP contribution in [0, 0.1) is 6.92 Å². The number of ether oxygens (including phenoxy) is 1. The van der Waals surface area contributed by atoms with Crippen LogP contribution in [-0.2, 0) is 4.79 Å². The van der Waals surface area contributed by atoms with Crippen molar-refractivity contribution in [2.24, 2.45) is 0 Å². The summed E-state index contributed by atoms with van der Waals surface area (Å²) in [5.41, 5.74) is 1.21. The molecule has 1 N–H and O–H groups in total. The van der Waals surface area contributed by atoms with Gasteiger partial charge in [0.2, 0.25) is 0 Å². The summed E-state index contributed by atoms with van der Waals surface area (Å²) in [7, 11) is 0. The lowest BCUT2D eigenvalue weighted by atomic mass is 10.0. The van der Waals surface area contributed by atoms with E-state index < -0.39 is 12.0 Å². The number of benzene rings is 2. The molecular formula is C17H15F2NO3. The molecule has 0 bridgehead atoms. The van der Waals surface area contributed by atoms with E-state index in [9.17, 15) is 18.4 Å². The molecule has 0 saturated heterocycles. The molecule has 2 aromatic rings. The molecule has 4 nitrogen and oxygen atoms in total. The maximum atomic E-state index is 13.8. The van der Waals surface area contributed by atoms with Crippen molar-refractivity contribution in [2.45, 2.75) is 20.0 Å². The van der Waals surface area contributed by atoms with Crippen molar-refractivity contribution in [3.63, 3.8) is 0 Å². The summed E-state index contributed by atoms with van der Waals surface area (Å²) in [4.78, 5) is 23.1. The molecule has 2 rings (SSSR count). The topological polar surface area (TPSA) is 55.4 Å². The van der Waals surface area contributed by atoms with Gasteiger partial charge in [0.25, 0.3) is 0 Å². The van der Waals surface area contributed by atoms with Crippen molar-refractivity contribution in [3.8, 4) is 5.75 Å². The van der Waals surface area contributed by atoms with Crippen molar-refractivity contribution in [3.05, 3.63) is 59.7 Å². The van der Waals surface area contributed by atoms with Crippen LogP contribution < -0.4 is 10.1 Å². The van der Waals surface area contributed by atoms with Crippen LogP contribution in [0.3, 0.4) is 0 Å². The monoisotopic (exact) mass is 319 g/mol. The Morgan fingerprint density at radius 1 is 1.09 bits per heavy atom. The molecule has 0 atom stereocenters. The minimum absolute atomic E-state index is 0.115. The van der Waals surface area contributed by atoms with Gasteiger partial charge in [0, 0.05) is 11.3 Å². The van der Waals surface area contributed by atoms with Crippen LogP contribution in [0.2, 0.25) is 0 Å². The third-order valence-electron chi connectivity index (χ3n) is 3.12. The number of hydrogen-bond donors (Lipinski definition) is 1. The Balaban J connectivity index is 2.11. The van der Waals surface area contributed by atoms with Gasteiger partial charge in [-0.15, -0.1) is 0 Å². The predicted octanol–water partition coefficient (Wildman–Crippen LogP) is 3.81. The molecule has 0 aliphatic rings. The number of carbonyl (C=O) groups excluding carboxylic acids is 2. The third kappa shape index (κ3) is 4.12. The summed E-state index contributed by atoms with van der Waals surface area (Å²) >= 11 is 0. The van der Waals surface area contributed by atoms with Crippen molar-refractivity contribution >= 4 is 17.4 Å². The second-order valence-corrected chi connectivity index (χ2v) is 4.97. The molecule has 120 valence electrons. The Morgan fingerprint density at radius 3 is 2.30 bits per heavy atom. The van der Waals surface area contributed by atoms with Gasteiger partial charge in [0.1, 0.15) is 5.75 Å². The first-order valence-corrected chi connectivity index (χ1v) is 6.84. The van der Waals surface area contributed by atoms with Crippen molar-refractivity contribution in [1.82, 2.24) is 0 Å². The van der Waals surface area contributed by atoms with E-state index in [-0.39, 0.29) is 17.2 Å². The van der Waals surface area contributed by atoms with Crippen LogP contribution in [0.4, 0.5) is 14.5 Å². The van der Waals surface area contributed by atoms with Gasteiger partial charge in [-0.25, -0.2) is 0 Å². The summed E-state index contributed by atoms with van der Waals surface area (Å²) in [5.74, 6) is -1.84. The number of para-hydroxylation sites is 1. The van der Waals surface area contributed by atoms with Gasteiger partial charge in [-0.3, -0.25) is 9.59 Å². The van der Waals surface area contributed by atoms with Gasteiger partial charge in [-0.1, -0.05) is 18.2 Å². The Bertz CT molecular complexity index is 730. The summed E-state index contributed by atoms with van der Waals surface area (Å²) in [5, 5.41) is 2.08. The van der Waals surface area contributed by atoms with Gasteiger partial charge in [-0.05, 0) is 49.7 Å². The summed E-state index contributed by atoms with van der Waals surface area (Å²) in [6, 6.07) is 11.7. The van der Waals surface area contributed by atoms with Crippen LogP contribution in [0.5, 0.6) is 5.75 Å². The van der Waals surface area contributed by atoms with E-state index in [1.807, 2.05) is 0 Å². The van der Waals surface area contributed by atoms with E-state index in [0.29, 0.717) is 11.1 Å². The van der Waals surface area contributed by atoms with Gasteiger partial charge in [0.15, 0.2) is 5.78 Å². The Morgan fingerprint density at radius 2 is 1.74 bits per heavy atom. The van der Waals surface area contributed by atoms with Crippen molar-refractivity contribution < 1.29 is 23.1 Å². The average Bonchev–Trinajstić information content (AvgIpc) is 2.47. The molecule has 0 heterocycles. The Kier molecular flexibility index (Phi) is 4.74. The number of ketones is 1. The maximum absolute atomic E-state index is 13.8. The molecule has 2 aromatic carbocycles. The van der Waals surface area contributed by atoms with E-state index in [2.05, 4.69) is 10.1 Å². The number of carbonyl (C=O) groups is 2. The summed E-state index contributed by atoms with van der Waals surface area (Å²) < 4.78 is 32.0. The second kappa shape index (κ2) is 6.56. The molecular weight excluding hydrogens is 304 g/mol. The van der Waals surface area contributed by atoms with Gasteiger partial charge < -0.3 is 10.1 Å². The number of halogens is 2. The fourth-order valence-electron chi connectivity index (χ4n) is 2.02. The zero-order valence-electron chi connectivity index (χ0n) is 12.6. The molecule has 1 amide bonds. The highest BCUT2D eigenvalue weighted by atomic mass is 19.3. The number of amides is 1. The van der Waals surface area contributed by atoms with E-state index in [4.69, 9.17) is 0 Å². The fraction of sp³-hybridized carbons (Fsp3) is 0.176. The number of Topliss-reactive ketones (excluding diaryl/α,β-unsaturated/α-hetero) is 1. The van der Waals surface area contributed by atoms with Gasteiger partial charge >= 0.3 is 12.0 Å². The lowest BCUT2D eigenvalue weighted by molar-refractivity contribution is -0.187. The molecule has 0 fully saturated rings. The number of hydrogen-bond acceptors (Lipinski definition) is 3. The molecule has 0 radical (unpaired) electrons. The molecule has 0 saturated carbocycles. The number of nitrogens with one attached hydrogen (secondary N) is 1. The van der Waals surface area contributed by atoms with Crippen LogP contribution in [0.25, 0.3) is 0 Å². The number of anilines is 1. The Hall–Kier alpha value is -2.76. The lowest BCUT2D eigenvalue weighted by Gasteiger charge is -2.17. The molecule has 23 heavy (non-hydrogen) atoms. The highest BCUT2D eigenvalue weighted by Crippen LogP contribution is 2.24. The third-order valence-corrected chi connectivity index (χ3v) is 3.12. The normalized spacial score (nSPS) is 11.0. The largest absolute Gasteiger partial charge is 0.482 e. The first kappa shape index (κ1) is 16.6. The standard InChI is InChI=1S/C17H15F2NO3/c1-11-10-13(8-9-15(11)12(2)21)20-16(22)17(18,19)23-14-6-4-3-5-7-14/h3-10H,1-2H3,(H,20,22). The SMILES string of the molecule is CC(=O)c1ccc(NC(=O)C(F)(F)Oc2ccccc2)cc1C. The molecule has 0 spiro atoms.